The highest BCUT2D eigenvalue weighted by Crippen LogP contribution is 2.39. The Bertz CT molecular complexity index is 1370. The van der Waals surface area contributed by atoms with Gasteiger partial charge in [-0.05, 0) is 31.2 Å². The highest BCUT2D eigenvalue weighted by atomic mass is 35.5. The molecular formula is C18H12Cl2N4O3S2. The summed E-state index contributed by atoms with van der Waals surface area (Å²) >= 11 is 14.6. The summed E-state index contributed by atoms with van der Waals surface area (Å²) in [5.41, 5.74) is 0.995. The number of aromatic nitrogens is 3. The third-order valence-electron chi connectivity index (χ3n) is 4.22. The fraction of sp³-hybridized carbons (Fsp3) is 0.111. The first-order valence-electron chi connectivity index (χ1n) is 8.36. The summed E-state index contributed by atoms with van der Waals surface area (Å²) in [5, 5.41) is 5.20. The topological polar surface area (TPSA) is 96.8 Å². The highest BCUT2D eigenvalue weighted by molar-refractivity contribution is 7.20. The van der Waals surface area contributed by atoms with Crippen molar-refractivity contribution in [2.45, 2.75) is 13.5 Å². The van der Waals surface area contributed by atoms with Crippen molar-refractivity contribution in [2.24, 2.45) is 0 Å². The van der Waals surface area contributed by atoms with E-state index in [4.69, 9.17) is 23.2 Å². The van der Waals surface area contributed by atoms with Gasteiger partial charge in [0, 0.05) is 23.1 Å². The number of fused-ring (bicyclic) bond motifs is 1. The first kappa shape index (κ1) is 19.8. The molecule has 4 rings (SSSR count). The van der Waals surface area contributed by atoms with Crippen LogP contribution in [0.2, 0.25) is 8.67 Å². The minimum absolute atomic E-state index is 0.262. The Morgan fingerprint density at radius 3 is 2.76 bits per heavy atom. The van der Waals surface area contributed by atoms with Crippen molar-refractivity contribution in [3.05, 3.63) is 64.7 Å². The lowest BCUT2D eigenvalue weighted by molar-refractivity contribution is 0.102. The van der Waals surface area contributed by atoms with Crippen LogP contribution in [0.25, 0.3) is 22.2 Å². The molecule has 11 heteroatoms. The lowest BCUT2D eigenvalue weighted by Gasteiger charge is -2.06. The molecule has 3 heterocycles. The van der Waals surface area contributed by atoms with Crippen LogP contribution in [0.3, 0.4) is 0 Å². The van der Waals surface area contributed by atoms with E-state index in [1.54, 1.807) is 18.4 Å². The molecular weight excluding hydrogens is 455 g/mol. The molecule has 0 saturated heterocycles. The van der Waals surface area contributed by atoms with Crippen molar-refractivity contribution in [1.29, 1.82) is 0 Å². The zero-order chi connectivity index (χ0) is 20.7. The number of thiophene rings is 1. The van der Waals surface area contributed by atoms with Crippen LogP contribution in [0.4, 0.5) is 5.13 Å². The van der Waals surface area contributed by atoms with E-state index in [1.165, 1.54) is 40.9 Å². The molecule has 0 aliphatic heterocycles. The van der Waals surface area contributed by atoms with E-state index in [2.05, 4.69) is 15.3 Å². The molecule has 0 radical (unpaired) electrons. The zero-order valence-corrected chi connectivity index (χ0v) is 17.9. The standard InChI is InChI=1S/C18H12Cl2N4O3S2/c1-2-24-16(26)9-4-3-8(5-11(9)22-18(24)27)15(25)23-17-21-12(7-28-17)10-6-13(19)29-14(10)20/h3-7H,2H2,1H3,(H,22,27)(H,21,23,25). The van der Waals surface area contributed by atoms with Crippen molar-refractivity contribution >= 4 is 67.8 Å². The number of carbonyl (C=O) groups is 1. The molecule has 0 unspecified atom stereocenters. The smallest absolute Gasteiger partial charge is 0.307 e. The second-order valence-corrected chi connectivity index (χ2v) is 9.11. The molecule has 4 aromatic rings. The maximum atomic E-state index is 12.6. The van der Waals surface area contributed by atoms with Crippen LogP contribution in [-0.2, 0) is 6.54 Å². The van der Waals surface area contributed by atoms with Gasteiger partial charge in [-0.1, -0.05) is 23.2 Å². The number of halogens is 2. The number of hydrogen-bond donors (Lipinski definition) is 2. The minimum Gasteiger partial charge on any atom is -0.307 e. The van der Waals surface area contributed by atoms with Gasteiger partial charge >= 0.3 is 5.69 Å². The van der Waals surface area contributed by atoms with Gasteiger partial charge in [0.1, 0.15) is 4.34 Å². The van der Waals surface area contributed by atoms with Gasteiger partial charge in [0.2, 0.25) is 0 Å². The van der Waals surface area contributed by atoms with Crippen LogP contribution in [0, 0.1) is 0 Å². The maximum Gasteiger partial charge on any atom is 0.328 e. The first-order chi connectivity index (χ1) is 13.9. The highest BCUT2D eigenvalue weighted by Gasteiger charge is 2.15. The lowest BCUT2D eigenvalue weighted by Crippen LogP contribution is -2.34. The van der Waals surface area contributed by atoms with Crippen LogP contribution < -0.4 is 16.6 Å². The summed E-state index contributed by atoms with van der Waals surface area (Å²) in [6.45, 7) is 1.97. The number of nitrogens with zero attached hydrogens (tertiary/aromatic N) is 2. The molecule has 0 atom stereocenters. The van der Waals surface area contributed by atoms with Gasteiger partial charge in [-0.3, -0.25) is 19.5 Å². The van der Waals surface area contributed by atoms with Crippen molar-refractivity contribution in [1.82, 2.24) is 14.5 Å². The average Bonchev–Trinajstić information content (AvgIpc) is 3.27. The predicted molar refractivity (Wildman–Crippen MR) is 118 cm³/mol. The number of rotatable bonds is 4. The van der Waals surface area contributed by atoms with Crippen LogP contribution in [-0.4, -0.2) is 20.4 Å². The number of anilines is 1. The van der Waals surface area contributed by atoms with E-state index in [-0.39, 0.29) is 12.1 Å². The Morgan fingerprint density at radius 1 is 1.28 bits per heavy atom. The van der Waals surface area contributed by atoms with E-state index >= 15 is 0 Å². The van der Waals surface area contributed by atoms with Crippen molar-refractivity contribution < 1.29 is 4.79 Å². The Labute approximate surface area is 181 Å². The van der Waals surface area contributed by atoms with E-state index < -0.39 is 17.2 Å². The summed E-state index contributed by atoms with van der Waals surface area (Å²) in [6.07, 6.45) is 0. The molecule has 2 N–H and O–H groups in total. The quantitative estimate of drug-likeness (QED) is 0.463. The summed E-state index contributed by atoms with van der Waals surface area (Å²) in [6, 6.07) is 6.24. The molecule has 3 aromatic heterocycles. The van der Waals surface area contributed by atoms with Crippen LogP contribution in [0.5, 0.6) is 0 Å². The van der Waals surface area contributed by atoms with Crippen molar-refractivity contribution in [2.75, 3.05) is 5.32 Å². The summed E-state index contributed by atoms with van der Waals surface area (Å²) in [7, 11) is 0. The average molecular weight is 467 g/mol. The fourth-order valence-corrected chi connectivity index (χ4v) is 5.01. The first-order valence-corrected chi connectivity index (χ1v) is 10.8. The minimum atomic E-state index is -0.515. The van der Waals surface area contributed by atoms with Crippen molar-refractivity contribution in [3.63, 3.8) is 0 Å². The second-order valence-electron chi connectivity index (χ2n) is 5.97. The van der Waals surface area contributed by atoms with Crippen molar-refractivity contribution in [3.8, 4) is 11.3 Å². The van der Waals surface area contributed by atoms with Crippen LogP contribution >= 0.6 is 45.9 Å². The van der Waals surface area contributed by atoms with E-state index in [1.807, 2.05) is 0 Å². The third-order valence-corrected chi connectivity index (χ3v) is 6.46. The normalized spacial score (nSPS) is 11.1. The van der Waals surface area contributed by atoms with Gasteiger partial charge in [0.15, 0.2) is 5.13 Å². The molecule has 0 saturated carbocycles. The summed E-state index contributed by atoms with van der Waals surface area (Å²) in [5.74, 6) is -0.414. The Morgan fingerprint density at radius 2 is 2.07 bits per heavy atom. The Balaban J connectivity index is 1.62. The predicted octanol–water partition coefficient (Wildman–Crippen LogP) is 4.45. The monoisotopic (exact) mass is 466 g/mol. The maximum absolute atomic E-state index is 12.6. The number of carbonyl (C=O) groups excluding carboxylic acids is 1. The molecule has 0 aliphatic rings. The lowest BCUT2D eigenvalue weighted by atomic mass is 10.1. The third kappa shape index (κ3) is 3.74. The van der Waals surface area contributed by atoms with Gasteiger partial charge in [-0.2, -0.15) is 0 Å². The molecule has 1 aromatic carbocycles. The molecule has 7 nitrogen and oxygen atoms in total. The summed E-state index contributed by atoms with van der Waals surface area (Å²) in [4.78, 5) is 43.9. The van der Waals surface area contributed by atoms with Gasteiger partial charge < -0.3 is 4.98 Å². The molecule has 29 heavy (non-hydrogen) atoms. The SMILES string of the molecule is CCn1c(=O)[nH]c2cc(C(=O)Nc3nc(-c4cc(Cl)sc4Cl)cs3)ccc2c1=O. The number of benzene rings is 1. The molecule has 0 spiro atoms. The number of nitrogens with one attached hydrogen (secondary N) is 2. The fourth-order valence-electron chi connectivity index (χ4n) is 2.82. The second kappa shape index (κ2) is 7.75. The molecule has 0 fully saturated rings. The van der Waals surface area contributed by atoms with Crippen LogP contribution in [0.1, 0.15) is 17.3 Å². The number of hydrogen-bond acceptors (Lipinski definition) is 6. The van der Waals surface area contributed by atoms with E-state index in [0.717, 1.165) is 4.57 Å². The van der Waals surface area contributed by atoms with Gasteiger partial charge in [-0.15, -0.1) is 22.7 Å². The molecule has 1 amide bonds. The number of aromatic amines is 1. The largest absolute Gasteiger partial charge is 0.328 e. The molecule has 0 bridgehead atoms. The van der Waals surface area contributed by atoms with E-state index in [9.17, 15) is 14.4 Å². The number of thiazole rings is 1. The van der Waals surface area contributed by atoms with Gasteiger partial charge in [0.25, 0.3) is 11.5 Å². The Kier molecular flexibility index (Phi) is 5.30. The number of H-pyrrole nitrogens is 1. The number of amides is 1. The summed E-state index contributed by atoms with van der Waals surface area (Å²) < 4.78 is 2.17. The Hall–Kier alpha value is -2.46. The molecule has 148 valence electrons. The van der Waals surface area contributed by atoms with E-state index in [0.29, 0.717) is 36.0 Å². The van der Waals surface area contributed by atoms with Gasteiger partial charge in [0.05, 0.1) is 20.9 Å². The van der Waals surface area contributed by atoms with Gasteiger partial charge in [-0.25, -0.2) is 9.78 Å². The zero-order valence-electron chi connectivity index (χ0n) is 14.8. The molecule has 0 aliphatic carbocycles. The van der Waals surface area contributed by atoms with Crippen LogP contribution in [0.15, 0.2) is 39.2 Å².